The number of rotatable bonds is 3. The Labute approximate surface area is 98.2 Å². The Balaban J connectivity index is 2.13. The molecule has 0 spiro atoms. The van der Waals surface area contributed by atoms with Gasteiger partial charge in [-0.3, -0.25) is 0 Å². The summed E-state index contributed by atoms with van der Waals surface area (Å²) in [7, 11) is 0. The van der Waals surface area contributed by atoms with E-state index in [9.17, 15) is 0 Å². The van der Waals surface area contributed by atoms with Crippen LogP contribution < -0.4 is 11.5 Å². The Bertz CT molecular complexity index is 323. The fourth-order valence-electron chi connectivity index (χ4n) is 1.71. The molecule has 0 saturated heterocycles. The molecular weight excluding hydrogens is 287 g/mol. The van der Waals surface area contributed by atoms with Crippen LogP contribution in [-0.4, -0.2) is 6.04 Å². The second kappa shape index (κ2) is 4.16. The van der Waals surface area contributed by atoms with Crippen LogP contribution in [0.15, 0.2) is 24.3 Å². The van der Waals surface area contributed by atoms with E-state index in [2.05, 4.69) is 40.8 Å². The fraction of sp³-hybridized carbons (Fsp3) is 0.455. The second-order valence-corrected chi connectivity index (χ2v) is 5.24. The highest BCUT2D eigenvalue weighted by molar-refractivity contribution is 14.1. The number of halogens is 1. The summed E-state index contributed by atoms with van der Waals surface area (Å²) in [5.74, 6) is 0.655. The zero-order valence-electron chi connectivity index (χ0n) is 7.99. The lowest BCUT2D eigenvalue weighted by Crippen LogP contribution is -2.35. The third-order valence-corrected chi connectivity index (χ3v) is 3.49. The maximum Gasteiger partial charge on any atom is 0.0451 e. The highest BCUT2D eigenvalue weighted by atomic mass is 127. The molecule has 0 amide bonds. The maximum atomic E-state index is 6.12. The number of hydrogen-bond donors (Lipinski definition) is 2. The fourth-order valence-corrected chi connectivity index (χ4v) is 2.28. The third kappa shape index (κ3) is 2.27. The van der Waals surface area contributed by atoms with Crippen LogP contribution in [0.1, 0.15) is 24.4 Å². The molecule has 0 aliphatic heterocycles. The van der Waals surface area contributed by atoms with Gasteiger partial charge < -0.3 is 11.5 Å². The Morgan fingerprint density at radius 3 is 2.57 bits per heavy atom. The van der Waals surface area contributed by atoms with Crippen molar-refractivity contribution in [1.82, 2.24) is 0 Å². The highest BCUT2D eigenvalue weighted by Gasteiger charge is 2.32. The monoisotopic (exact) mass is 302 g/mol. The number of nitrogens with two attached hydrogens (primary N) is 2. The molecule has 0 aromatic heterocycles. The van der Waals surface area contributed by atoms with E-state index >= 15 is 0 Å². The van der Waals surface area contributed by atoms with Gasteiger partial charge in [0.05, 0.1) is 0 Å². The summed E-state index contributed by atoms with van der Waals surface area (Å²) >= 11 is 2.30. The van der Waals surface area contributed by atoms with E-state index in [4.69, 9.17) is 11.5 Å². The first-order chi connectivity index (χ1) is 6.68. The smallest absolute Gasteiger partial charge is 0.0451 e. The molecule has 2 unspecified atom stereocenters. The first-order valence-electron chi connectivity index (χ1n) is 4.95. The van der Waals surface area contributed by atoms with Gasteiger partial charge in [0, 0.05) is 15.7 Å². The van der Waals surface area contributed by atoms with Gasteiger partial charge in [0.2, 0.25) is 0 Å². The molecule has 76 valence electrons. The summed E-state index contributed by atoms with van der Waals surface area (Å²) in [6.45, 7) is 0. The van der Waals surface area contributed by atoms with Gasteiger partial charge in [-0.25, -0.2) is 0 Å². The van der Waals surface area contributed by atoms with E-state index in [1.807, 2.05) is 6.07 Å². The quantitative estimate of drug-likeness (QED) is 0.839. The van der Waals surface area contributed by atoms with Gasteiger partial charge in [-0.05, 0) is 59.0 Å². The minimum atomic E-state index is -0.00258. The second-order valence-electron chi connectivity index (χ2n) is 4.00. The van der Waals surface area contributed by atoms with Crippen LogP contribution in [0.5, 0.6) is 0 Å². The zero-order chi connectivity index (χ0) is 10.1. The number of benzene rings is 1. The van der Waals surface area contributed by atoms with E-state index in [0.29, 0.717) is 5.92 Å². The van der Waals surface area contributed by atoms with Gasteiger partial charge in [-0.2, -0.15) is 0 Å². The predicted molar refractivity (Wildman–Crippen MR) is 66.8 cm³/mol. The summed E-state index contributed by atoms with van der Waals surface area (Å²) in [6.07, 6.45) is 2.50. The lowest BCUT2D eigenvalue weighted by molar-refractivity contribution is 0.494. The summed E-state index contributed by atoms with van der Waals surface area (Å²) in [5.41, 5.74) is 13.4. The average molecular weight is 302 g/mol. The van der Waals surface area contributed by atoms with Crippen molar-refractivity contribution in [2.45, 2.75) is 24.9 Å². The van der Waals surface area contributed by atoms with Crippen LogP contribution in [0.4, 0.5) is 0 Å². The van der Waals surface area contributed by atoms with E-state index in [-0.39, 0.29) is 12.1 Å². The van der Waals surface area contributed by atoms with Crippen molar-refractivity contribution in [2.24, 2.45) is 17.4 Å². The largest absolute Gasteiger partial charge is 0.326 e. The van der Waals surface area contributed by atoms with Crippen molar-refractivity contribution in [3.63, 3.8) is 0 Å². The van der Waals surface area contributed by atoms with E-state index < -0.39 is 0 Å². The summed E-state index contributed by atoms with van der Waals surface area (Å²) in [6, 6.07) is 8.42. The molecule has 1 aromatic rings. The van der Waals surface area contributed by atoms with Crippen LogP contribution in [-0.2, 0) is 0 Å². The summed E-state index contributed by atoms with van der Waals surface area (Å²) in [4.78, 5) is 0. The van der Waals surface area contributed by atoms with Gasteiger partial charge in [-0.15, -0.1) is 0 Å². The Kier molecular flexibility index (Phi) is 3.09. The zero-order valence-corrected chi connectivity index (χ0v) is 10.1. The van der Waals surface area contributed by atoms with Gasteiger partial charge >= 0.3 is 0 Å². The van der Waals surface area contributed by atoms with Crippen LogP contribution in [0.2, 0.25) is 0 Å². The minimum absolute atomic E-state index is 0.00258. The molecule has 1 aliphatic carbocycles. The first-order valence-corrected chi connectivity index (χ1v) is 6.03. The SMILES string of the molecule is NC(c1cccc(I)c1)C(N)C1CC1. The van der Waals surface area contributed by atoms with Gasteiger partial charge in [0.15, 0.2) is 0 Å². The topological polar surface area (TPSA) is 52.0 Å². The van der Waals surface area contributed by atoms with E-state index in [1.165, 1.54) is 16.4 Å². The van der Waals surface area contributed by atoms with E-state index in [1.54, 1.807) is 0 Å². The lowest BCUT2D eigenvalue weighted by atomic mass is 9.98. The first kappa shape index (κ1) is 10.4. The van der Waals surface area contributed by atoms with Crippen molar-refractivity contribution < 1.29 is 0 Å². The molecule has 14 heavy (non-hydrogen) atoms. The van der Waals surface area contributed by atoms with Crippen LogP contribution in [0.25, 0.3) is 0 Å². The summed E-state index contributed by atoms with van der Waals surface area (Å²) in [5, 5.41) is 0. The van der Waals surface area contributed by atoms with Gasteiger partial charge in [0.1, 0.15) is 0 Å². The Hall–Kier alpha value is -0.130. The van der Waals surface area contributed by atoms with Crippen LogP contribution >= 0.6 is 22.6 Å². The molecular formula is C11H15IN2. The standard InChI is InChI=1S/C11H15IN2/c12-9-3-1-2-8(6-9)11(14)10(13)7-4-5-7/h1-3,6-7,10-11H,4-5,13-14H2. The molecule has 0 bridgehead atoms. The molecule has 0 heterocycles. The highest BCUT2D eigenvalue weighted by Crippen LogP contribution is 2.36. The minimum Gasteiger partial charge on any atom is -0.326 e. The lowest BCUT2D eigenvalue weighted by Gasteiger charge is -2.19. The van der Waals surface area contributed by atoms with Crippen molar-refractivity contribution >= 4 is 22.6 Å². The van der Waals surface area contributed by atoms with E-state index in [0.717, 1.165) is 5.56 Å². The molecule has 1 saturated carbocycles. The van der Waals surface area contributed by atoms with Crippen molar-refractivity contribution in [2.75, 3.05) is 0 Å². The molecule has 1 fully saturated rings. The third-order valence-electron chi connectivity index (χ3n) is 2.81. The predicted octanol–water partition coefficient (Wildman–Crippen LogP) is 2.03. The molecule has 3 heteroatoms. The molecule has 0 radical (unpaired) electrons. The normalized spacial score (nSPS) is 20.5. The average Bonchev–Trinajstić information content (AvgIpc) is 2.99. The Morgan fingerprint density at radius 2 is 2.00 bits per heavy atom. The van der Waals surface area contributed by atoms with Crippen molar-refractivity contribution in [3.05, 3.63) is 33.4 Å². The molecule has 2 nitrogen and oxygen atoms in total. The number of hydrogen-bond acceptors (Lipinski definition) is 2. The molecule has 4 N–H and O–H groups in total. The molecule has 1 aromatic carbocycles. The van der Waals surface area contributed by atoms with Crippen molar-refractivity contribution in [3.8, 4) is 0 Å². The van der Waals surface area contributed by atoms with Crippen LogP contribution in [0, 0.1) is 9.49 Å². The van der Waals surface area contributed by atoms with Gasteiger partial charge in [-0.1, -0.05) is 12.1 Å². The van der Waals surface area contributed by atoms with Crippen LogP contribution in [0.3, 0.4) is 0 Å². The van der Waals surface area contributed by atoms with Gasteiger partial charge in [0.25, 0.3) is 0 Å². The Morgan fingerprint density at radius 1 is 1.29 bits per heavy atom. The molecule has 1 aliphatic rings. The molecule has 2 atom stereocenters. The maximum absolute atomic E-state index is 6.12. The molecule has 2 rings (SSSR count). The summed E-state index contributed by atoms with van der Waals surface area (Å²) < 4.78 is 1.22. The van der Waals surface area contributed by atoms with Crippen molar-refractivity contribution in [1.29, 1.82) is 0 Å².